The van der Waals surface area contributed by atoms with Gasteiger partial charge in [-0.15, -0.1) is 0 Å². The first-order valence-electron chi connectivity index (χ1n) is 8.33. The normalized spacial score (nSPS) is 10.8. The number of hydrogen-bond acceptors (Lipinski definition) is 3. The third-order valence-electron chi connectivity index (χ3n) is 4.36. The van der Waals surface area contributed by atoms with E-state index in [1.165, 1.54) is 0 Å². The Morgan fingerprint density at radius 1 is 0.962 bits per heavy atom. The Morgan fingerprint density at radius 2 is 1.77 bits per heavy atom. The van der Waals surface area contributed by atoms with Crippen molar-refractivity contribution in [3.05, 3.63) is 84.1 Å². The highest BCUT2D eigenvalue weighted by Crippen LogP contribution is 2.27. The van der Waals surface area contributed by atoms with Crippen LogP contribution in [0.4, 0.5) is 0 Å². The van der Waals surface area contributed by atoms with Gasteiger partial charge in [-0.05, 0) is 47.5 Å². The van der Waals surface area contributed by atoms with E-state index in [4.69, 9.17) is 5.84 Å². The number of nitrogens with one attached hydrogen (secondary N) is 1. The van der Waals surface area contributed by atoms with Crippen molar-refractivity contribution in [2.24, 2.45) is 5.84 Å². The Hall–Kier alpha value is -3.44. The second-order valence-electron chi connectivity index (χ2n) is 6.20. The van der Waals surface area contributed by atoms with Gasteiger partial charge in [0, 0.05) is 5.56 Å². The fourth-order valence-electron chi connectivity index (χ4n) is 3.08. The number of aromatic nitrogens is 2. The molecule has 1 aromatic heterocycles. The Balaban J connectivity index is 1.93. The van der Waals surface area contributed by atoms with E-state index in [0.29, 0.717) is 0 Å². The molecule has 1 amide bonds. The number of nitrogens with two attached hydrogens (primary N) is 1. The van der Waals surface area contributed by atoms with Gasteiger partial charge in [-0.3, -0.25) is 10.2 Å². The first kappa shape index (κ1) is 16.1. The summed E-state index contributed by atoms with van der Waals surface area (Å²) in [5, 5.41) is 6.77. The summed E-state index contributed by atoms with van der Waals surface area (Å²) in [6, 6.07) is 24.1. The van der Waals surface area contributed by atoms with Gasteiger partial charge in [-0.25, -0.2) is 10.5 Å². The van der Waals surface area contributed by atoms with E-state index in [1.807, 2.05) is 49.4 Å². The lowest BCUT2D eigenvalue weighted by Gasteiger charge is -2.09. The Morgan fingerprint density at radius 3 is 2.54 bits per heavy atom. The first-order valence-corrected chi connectivity index (χ1v) is 8.33. The summed E-state index contributed by atoms with van der Waals surface area (Å²) < 4.78 is 1.78. The number of nitrogens with zero attached hydrogens (tertiary/aromatic N) is 2. The molecule has 0 fully saturated rings. The van der Waals surface area contributed by atoms with E-state index < -0.39 is 5.91 Å². The van der Waals surface area contributed by atoms with Gasteiger partial charge in [0.1, 0.15) is 0 Å². The molecule has 0 bridgehead atoms. The maximum absolute atomic E-state index is 12.0. The summed E-state index contributed by atoms with van der Waals surface area (Å²) in [5.74, 6) is 4.87. The zero-order valence-corrected chi connectivity index (χ0v) is 14.3. The van der Waals surface area contributed by atoms with E-state index in [2.05, 4.69) is 34.8 Å². The molecule has 0 aliphatic heterocycles. The van der Waals surface area contributed by atoms with E-state index in [-0.39, 0.29) is 5.69 Å². The summed E-state index contributed by atoms with van der Waals surface area (Å²) in [4.78, 5) is 12.0. The van der Waals surface area contributed by atoms with Crippen molar-refractivity contribution in [2.45, 2.75) is 6.92 Å². The van der Waals surface area contributed by atoms with Crippen LogP contribution in [0.2, 0.25) is 0 Å². The minimum absolute atomic E-state index is 0.275. The molecule has 3 N–H and O–H groups in total. The highest BCUT2D eigenvalue weighted by atomic mass is 16.2. The fraction of sp³-hybridized carbons (Fsp3) is 0.0476. The molecular formula is C21H18N4O. The maximum Gasteiger partial charge on any atom is 0.285 e. The summed E-state index contributed by atoms with van der Waals surface area (Å²) >= 11 is 0. The van der Waals surface area contributed by atoms with Crippen molar-refractivity contribution in [1.82, 2.24) is 15.2 Å². The van der Waals surface area contributed by atoms with E-state index in [9.17, 15) is 4.79 Å². The van der Waals surface area contributed by atoms with Crippen molar-refractivity contribution >= 4 is 16.7 Å². The van der Waals surface area contributed by atoms with Gasteiger partial charge in [0.2, 0.25) is 0 Å². The Kier molecular flexibility index (Phi) is 3.99. The van der Waals surface area contributed by atoms with Gasteiger partial charge in [0.05, 0.1) is 11.4 Å². The predicted molar refractivity (Wildman–Crippen MR) is 103 cm³/mol. The van der Waals surface area contributed by atoms with E-state index in [1.54, 1.807) is 10.7 Å². The van der Waals surface area contributed by atoms with Crippen molar-refractivity contribution in [1.29, 1.82) is 0 Å². The molecule has 0 aliphatic carbocycles. The lowest BCUT2D eigenvalue weighted by molar-refractivity contribution is 0.0948. The largest absolute Gasteiger partial charge is 0.289 e. The van der Waals surface area contributed by atoms with Gasteiger partial charge in [-0.1, -0.05) is 48.5 Å². The van der Waals surface area contributed by atoms with Crippen LogP contribution in [-0.2, 0) is 0 Å². The Bertz CT molecular complexity index is 1110. The highest BCUT2D eigenvalue weighted by molar-refractivity contribution is 5.94. The molecule has 4 aromatic rings. The van der Waals surface area contributed by atoms with Crippen LogP contribution >= 0.6 is 0 Å². The Labute approximate surface area is 151 Å². The molecule has 0 aliphatic rings. The lowest BCUT2D eigenvalue weighted by Crippen LogP contribution is -2.30. The number of hydrogen-bond donors (Lipinski definition) is 2. The van der Waals surface area contributed by atoms with Gasteiger partial charge in [-0.2, -0.15) is 5.10 Å². The number of fused-ring (bicyclic) bond motifs is 1. The quantitative estimate of drug-likeness (QED) is 0.339. The lowest BCUT2D eigenvalue weighted by atomic mass is 10.0. The molecule has 26 heavy (non-hydrogen) atoms. The summed E-state index contributed by atoms with van der Waals surface area (Å²) in [5.41, 5.74) is 6.25. The molecule has 4 rings (SSSR count). The number of rotatable bonds is 3. The standard InChI is InChI=1S/C21H18N4O/c1-14-5-4-8-18(11-14)25-20(13-19(24-25)21(26)23-22)17-10-9-15-6-2-3-7-16(15)12-17/h2-13H,22H2,1H3,(H,23,26). The summed E-state index contributed by atoms with van der Waals surface area (Å²) in [6.45, 7) is 2.02. The molecule has 128 valence electrons. The molecule has 0 radical (unpaired) electrons. The second-order valence-corrected chi connectivity index (χ2v) is 6.20. The second kappa shape index (κ2) is 6.46. The third-order valence-corrected chi connectivity index (χ3v) is 4.36. The molecule has 5 nitrogen and oxygen atoms in total. The van der Waals surface area contributed by atoms with Crippen LogP contribution in [0.5, 0.6) is 0 Å². The molecule has 0 saturated carbocycles. The monoisotopic (exact) mass is 342 g/mol. The summed E-state index contributed by atoms with van der Waals surface area (Å²) in [7, 11) is 0. The van der Waals surface area contributed by atoms with Crippen LogP contribution in [0, 0.1) is 6.92 Å². The first-order chi connectivity index (χ1) is 12.7. The van der Waals surface area contributed by atoms with Gasteiger partial charge < -0.3 is 0 Å². The number of carbonyl (C=O) groups is 1. The predicted octanol–water partition coefficient (Wildman–Crippen LogP) is 3.60. The summed E-state index contributed by atoms with van der Waals surface area (Å²) in [6.07, 6.45) is 0. The van der Waals surface area contributed by atoms with Crippen LogP contribution in [0.3, 0.4) is 0 Å². The van der Waals surface area contributed by atoms with Crippen LogP contribution in [0.25, 0.3) is 27.7 Å². The van der Waals surface area contributed by atoms with E-state index in [0.717, 1.165) is 33.3 Å². The topological polar surface area (TPSA) is 72.9 Å². The molecule has 0 spiro atoms. The van der Waals surface area contributed by atoms with Crippen molar-refractivity contribution in [3.63, 3.8) is 0 Å². The molecule has 1 heterocycles. The van der Waals surface area contributed by atoms with Crippen LogP contribution < -0.4 is 11.3 Å². The number of carbonyl (C=O) groups excluding carboxylic acids is 1. The zero-order chi connectivity index (χ0) is 18.1. The van der Waals surface area contributed by atoms with E-state index >= 15 is 0 Å². The van der Waals surface area contributed by atoms with Gasteiger partial charge >= 0.3 is 0 Å². The third kappa shape index (κ3) is 2.85. The number of nitrogen functional groups attached to an aromatic ring is 1. The zero-order valence-electron chi connectivity index (χ0n) is 14.3. The highest BCUT2D eigenvalue weighted by Gasteiger charge is 2.16. The fourth-order valence-corrected chi connectivity index (χ4v) is 3.08. The molecule has 0 atom stereocenters. The minimum atomic E-state index is -0.418. The number of aryl methyl sites for hydroxylation is 1. The SMILES string of the molecule is Cc1cccc(-n2nc(C(=O)NN)cc2-c2ccc3ccccc3c2)c1. The smallest absolute Gasteiger partial charge is 0.285 e. The van der Waals surface area contributed by atoms with Crippen molar-refractivity contribution in [2.75, 3.05) is 0 Å². The van der Waals surface area contributed by atoms with Crippen molar-refractivity contribution in [3.8, 4) is 16.9 Å². The maximum atomic E-state index is 12.0. The average molecular weight is 342 g/mol. The molecule has 5 heteroatoms. The van der Waals surface area contributed by atoms with Gasteiger partial charge in [0.15, 0.2) is 5.69 Å². The minimum Gasteiger partial charge on any atom is -0.289 e. The molecule has 3 aromatic carbocycles. The van der Waals surface area contributed by atoms with Crippen LogP contribution in [0.15, 0.2) is 72.8 Å². The van der Waals surface area contributed by atoms with Crippen LogP contribution in [0.1, 0.15) is 16.1 Å². The molecule has 0 saturated heterocycles. The van der Waals surface area contributed by atoms with Crippen molar-refractivity contribution < 1.29 is 4.79 Å². The van der Waals surface area contributed by atoms with Crippen LogP contribution in [-0.4, -0.2) is 15.7 Å². The van der Waals surface area contributed by atoms with Gasteiger partial charge in [0.25, 0.3) is 5.91 Å². The molecule has 0 unspecified atom stereocenters. The molecular weight excluding hydrogens is 324 g/mol. The number of hydrazine groups is 1. The number of benzene rings is 3. The average Bonchev–Trinajstić information content (AvgIpc) is 3.12. The number of amides is 1.